The maximum absolute atomic E-state index is 11.6. The van der Waals surface area contributed by atoms with Crippen molar-refractivity contribution in [2.45, 2.75) is 6.92 Å². The summed E-state index contributed by atoms with van der Waals surface area (Å²) in [6, 6.07) is 2.55. The molecule has 0 amide bonds. The number of ether oxygens (including phenoxy) is 3. The van der Waals surface area contributed by atoms with Gasteiger partial charge in [-0.25, -0.2) is 9.59 Å². The third-order valence-electron chi connectivity index (χ3n) is 2.53. The number of methoxy groups -OCH3 is 3. The van der Waals surface area contributed by atoms with Crippen LogP contribution in [0.3, 0.4) is 0 Å². The molecule has 1 aromatic carbocycles. The van der Waals surface area contributed by atoms with E-state index in [1.807, 2.05) is 0 Å². The van der Waals surface area contributed by atoms with E-state index in [9.17, 15) is 14.4 Å². The molecule has 0 aliphatic rings. The lowest BCUT2D eigenvalue weighted by Gasteiger charge is -2.11. The van der Waals surface area contributed by atoms with Crippen molar-refractivity contribution in [1.82, 2.24) is 0 Å². The van der Waals surface area contributed by atoms with Gasteiger partial charge >= 0.3 is 11.9 Å². The van der Waals surface area contributed by atoms with Crippen LogP contribution in [0.2, 0.25) is 0 Å². The van der Waals surface area contributed by atoms with Crippen LogP contribution in [0.1, 0.15) is 38.0 Å². The van der Waals surface area contributed by atoms with Gasteiger partial charge in [0.1, 0.15) is 5.75 Å². The Balaban J connectivity index is 3.57. The van der Waals surface area contributed by atoms with Crippen LogP contribution in [-0.2, 0) is 9.47 Å². The molecule has 6 nitrogen and oxygen atoms in total. The van der Waals surface area contributed by atoms with Gasteiger partial charge in [0.2, 0.25) is 0 Å². The van der Waals surface area contributed by atoms with Gasteiger partial charge in [-0.05, 0) is 19.1 Å². The third-order valence-corrected chi connectivity index (χ3v) is 2.53. The molecule has 0 saturated carbocycles. The van der Waals surface area contributed by atoms with Gasteiger partial charge in [0.05, 0.1) is 38.0 Å². The minimum atomic E-state index is -0.731. The number of carbonyl (C=O) groups excluding carboxylic acids is 3. The SMILES string of the molecule is COC(=O)c1cc(OC)c(C(C)=O)cc1C(=O)OC. The summed E-state index contributed by atoms with van der Waals surface area (Å²) in [4.78, 5) is 34.8. The van der Waals surface area contributed by atoms with Crippen LogP contribution in [0.5, 0.6) is 5.75 Å². The highest BCUT2D eigenvalue weighted by atomic mass is 16.5. The van der Waals surface area contributed by atoms with Crippen LogP contribution >= 0.6 is 0 Å². The summed E-state index contributed by atoms with van der Waals surface area (Å²) in [5.74, 6) is -1.54. The quantitative estimate of drug-likeness (QED) is 0.606. The summed E-state index contributed by atoms with van der Waals surface area (Å²) >= 11 is 0. The molecule has 0 aliphatic carbocycles. The highest BCUT2D eigenvalue weighted by Gasteiger charge is 2.23. The number of carbonyl (C=O) groups is 3. The molecule has 0 saturated heterocycles. The largest absolute Gasteiger partial charge is 0.496 e. The highest BCUT2D eigenvalue weighted by molar-refractivity contribution is 6.07. The number of rotatable bonds is 4. The zero-order chi connectivity index (χ0) is 14.6. The molecule has 0 bridgehead atoms. The smallest absolute Gasteiger partial charge is 0.338 e. The lowest BCUT2D eigenvalue weighted by Crippen LogP contribution is -2.14. The molecule has 0 atom stereocenters. The second kappa shape index (κ2) is 5.99. The lowest BCUT2D eigenvalue weighted by atomic mass is 10.0. The topological polar surface area (TPSA) is 78.9 Å². The van der Waals surface area contributed by atoms with E-state index in [0.717, 1.165) is 0 Å². The summed E-state index contributed by atoms with van der Waals surface area (Å²) in [6.07, 6.45) is 0. The summed E-state index contributed by atoms with van der Waals surface area (Å²) in [6.45, 7) is 1.33. The van der Waals surface area contributed by atoms with Gasteiger partial charge in [-0.2, -0.15) is 0 Å². The van der Waals surface area contributed by atoms with Crippen LogP contribution in [-0.4, -0.2) is 39.1 Å². The van der Waals surface area contributed by atoms with E-state index in [0.29, 0.717) is 0 Å². The zero-order valence-corrected chi connectivity index (χ0v) is 11.1. The molecule has 6 heteroatoms. The van der Waals surface area contributed by atoms with Crippen molar-refractivity contribution in [3.05, 3.63) is 28.8 Å². The molecule has 0 unspecified atom stereocenters. The number of hydrogen-bond acceptors (Lipinski definition) is 6. The van der Waals surface area contributed by atoms with Gasteiger partial charge in [-0.15, -0.1) is 0 Å². The van der Waals surface area contributed by atoms with Crippen LogP contribution in [0, 0.1) is 0 Å². The van der Waals surface area contributed by atoms with E-state index >= 15 is 0 Å². The monoisotopic (exact) mass is 266 g/mol. The molecule has 0 spiro atoms. The first-order chi connectivity index (χ1) is 8.96. The average molecular weight is 266 g/mol. The van der Waals surface area contributed by atoms with Gasteiger partial charge in [0.15, 0.2) is 5.78 Å². The lowest BCUT2D eigenvalue weighted by molar-refractivity contribution is 0.0554. The van der Waals surface area contributed by atoms with E-state index in [1.165, 1.54) is 40.4 Å². The minimum absolute atomic E-state index is 0.0174. The summed E-state index contributed by atoms with van der Waals surface area (Å²) in [5, 5.41) is 0. The fraction of sp³-hybridized carbons (Fsp3) is 0.308. The fourth-order valence-corrected chi connectivity index (χ4v) is 1.58. The Morgan fingerprint density at radius 2 is 1.32 bits per heavy atom. The molecule has 0 N–H and O–H groups in total. The average Bonchev–Trinajstić information content (AvgIpc) is 2.43. The molecule has 19 heavy (non-hydrogen) atoms. The summed E-state index contributed by atoms with van der Waals surface area (Å²) < 4.78 is 14.2. The van der Waals surface area contributed by atoms with E-state index in [-0.39, 0.29) is 28.2 Å². The Morgan fingerprint density at radius 3 is 1.68 bits per heavy atom. The number of benzene rings is 1. The van der Waals surface area contributed by atoms with Gasteiger partial charge in [0, 0.05) is 0 Å². The summed E-state index contributed by atoms with van der Waals surface area (Å²) in [5.41, 5.74) is 0.132. The van der Waals surface area contributed by atoms with Crippen LogP contribution in [0.15, 0.2) is 12.1 Å². The van der Waals surface area contributed by atoms with Crippen molar-refractivity contribution in [3.63, 3.8) is 0 Å². The predicted octanol–water partition coefficient (Wildman–Crippen LogP) is 1.47. The van der Waals surface area contributed by atoms with Crippen molar-refractivity contribution in [3.8, 4) is 5.75 Å². The zero-order valence-electron chi connectivity index (χ0n) is 11.1. The second-order valence-electron chi connectivity index (χ2n) is 3.64. The number of esters is 2. The number of ketones is 1. The molecular formula is C13H14O6. The Kier molecular flexibility index (Phi) is 4.63. The minimum Gasteiger partial charge on any atom is -0.496 e. The molecule has 0 aliphatic heterocycles. The molecule has 1 aromatic rings. The molecular weight excluding hydrogens is 252 g/mol. The van der Waals surface area contributed by atoms with Gasteiger partial charge in [-0.3, -0.25) is 4.79 Å². The van der Waals surface area contributed by atoms with Crippen molar-refractivity contribution in [1.29, 1.82) is 0 Å². The maximum Gasteiger partial charge on any atom is 0.338 e. The van der Waals surface area contributed by atoms with E-state index in [2.05, 4.69) is 9.47 Å². The molecule has 0 fully saturated rings. The fourth-order valence-electron chi connectivity index (χ4n) is 1.58. The van der Waals surface area contributed by atoms with E-state index in [1.54, 1.807) is 0 Å². The molecule has 0 radical (unpaired) electrons. The Hall–Kier alpha value is -2.37. The van der Waals surface area contributed by atoms with Gasteiger partial charge in [-0.1, -0.05) is 0 Å². The van der Waals surface area contributed by atoms with E-state index in [4.69, 9.17) is 4.74 Å². The van der Waals surface area contributed by atoms with Gasteiger partial charge in [0.25, 0.3) is 0 Å². The van der Waals surface area contributed by atoms with Crippen LogP contribution in [0.4, 0.5) is 0 Å². The second-order valence-corrected chi connectivity index (χ2v) is 3.64. The molecule has 102 valence electrons. The Bertz CT molecular complexity index is 532. The predicted molar refractivity (Wildman–Crippen MR) is 65.7 cm³/mol. The highest BCUT2D eigenvalue weighted by Crippen LogP contribution is 2.25. The van der Waals surface area contributed by atoms with Crippen molar-refractivity contribution in [2.24, 2.45) is 0 Å². The number of Topliss-reactive ketones (excluding diaryl/α,β-unsaturated/α-hetero) is 1. The Labute approximate surface area is 110 Å². The first-order valence-electron chi connectivity index (χ1n) is 5.35. The van der Waals surface area contributed by atoms with Crippen LogP contribution in [0.25, 0.3) is 0 Å². The first-order valence-corrected chi connectivity index (χ1v) is 5.35. The van der Waals surface area contributed by atoms with Crippen molar-refractivity contribution in [2.75, 3.05) is 21.3 Å². The first kappa shape index (κ1) is 14.7. The Morgan fingerprint density at radius 1 is 0.842 bits per heavy atom. The maximum atomic E-state index is 11.6. The molecule has 1 rings (SSSR count). The van der Waals surface area contributed by atoms with E-state index < -0.39 is 11.9 Å². The van der Waals surface area contributed by atoms with Crippen LogP contribution < -0.4 is 4.74 Å². The molecule has 0 aromatic heterocycles. The van der Waals surface area contributed by atoms with Crippen molar-refractivity contribution < 1.29 is 28.6 Å². The van der Waals surface area contributed by atoms with Crippen molar-refractivity contribution >= 4 is 17.7 Å². The summed E-state index contributed by atoms with van der Waals surface area (Å²) in [7, 11) is 3.73. The normalized spacial score (nSPS) is 9.68. The standard InChI is InChI=1S/C13H14O6/c1-7(14)8-5-9(12(15)18-3)10(13(16)19-4)6-11(8)17-2/h5-6H,1-4H3. The third kappa shape index (κ3) is 2.90. The number of hydrogen-bond donors (Lipinski definition) is 0. The molecule has 0 heterocycles. The van der Waals surface area contributed by atoms with Gasteiger partial charge < -0.3 is 14.2 Å².